The van der Waals surface area contributed by atoms with Crippen LogP contribution in [0.2, 0.25) is 5.02 Å². The summed E-state index contributed by atoms with van der Waals surface area (Å²) in [6.45, 7) is 6.30. The van der Waals surface area contributed by atoms with E-state index in [0.717, 1.165) is 0 Å². The van der Waals surface area contributed by atoms with Gasteiger partial charge in [0.1, 0.15) is 5.75 Å². The summed E-state index contributed by atoms with van der Waals surface area (Å²) in [7, 11) is -3.60. The van der Waals surface area contributed by atoms with Gasteiger partial charge < -0.3 is 10.1 Å². The number of likely N-dealkylation sites (N-methyl/N-ethyl adjacent to an activating group) is 1. The Morgan fingerprint density at radius 3 is 2.59 bits per heavy atom. The largest absolute Gasteiger partial charge is 0.482 e. The first-order valence-corrected chi connectivity index (χ1v) is 8.81. The molecule has 1 aromatic carbocycles. The lowest BCUT2D eigenvalue weighted by atomic mass is 10.2. The molecule has 0 aliphatic heterocycles. The molecule has 0 heterocycles. The van der Waals surface area contributed by atoms with E-state index in [1.54, 1.807) is 6.92 Å². The third-order valence-electron chi connectivity index (χ3n) is 2.63. The average molecular weight is 349 g/mol. The van der Waals surface area contributed by atoms with Crippen LogP contribution in [0.25, 0.3) is 0 Å². The molecular weight excluding hydrogens is 328 g/mol. The highest BCUT2D eigenvalue weighted by Crippen LogP contribution is 2.27. The maximum atomic E-state index is 12.1. The molecule has 0 spiro atoms. The summed E-state index contributed by atoms with van der Waals surface area (Å²) < 4.78 is 31.9. The predicted molar refractivity (Wildman–Crippen MR) is 85.7 cm³/mol. The Kier molecular flexibility index (Phi) is 7.12. The van der Waals surface area contributed by atoms with Gasteiger partial charge in [0, 0.05) is 13.1 Å². The van der Waals surface area contributed by atoms with Crippen LogP contribution in [0.4, 0.5) is 0 Å². The summed E-state index contributed by atoms with van der Waals surface area (Å²) in [6.07, 6.45) is 0. The van der Waals surface area contributed by atoms with Gasteiger partial charge in [-0.1, -0.05) is 25.4 Å². The zero-order valence-electron chi connectivity index (χ0n) is 12.8. The summed E-state index contributed by atoms with van der Waals surface area (Å²) in [4.78, 5) is 11.4. The van der Waals surface area contributed by atoms with Gasteiger partial charge in [0.05, 0.1) is 9.92 Å². The van der Waals surface area contributed by atoms with Crippen LogP contribution < -0.4 is 14.8 Å². The highest BCUT2D eigenvalue weighted by Gasteiger charge is 2.16. The van der Waals surface area contributed by atoms with E-state index in [0.29, 0.717) is 13.1 Å². The molecule has 0 unspecified atom stereocenters. The van der Waals surface area contributed by atoms with E-state index in [9.17, 15) is 13.2 Å². The van der Waals surface area contributed by atoms with Gasteiger partial charge in [-0.2, -0.15) is 0 Å². The van der Waals surface area contributed by atoms with Crippen LogP contribution >= 0.6 is 11.6 Å². The second kappa shape index (κ2) is 8.36. The van der Waals surface area contributed by atoms with Crippen molar-refractivity contribution in [2.45, 2.75) is 25.7 Å². The molecule has 1 rings (SSSR count). The zero-order valence-corrected chi connectivity index (χ0v) is 14.4. The molecule has 8 heteroatoms. The van der Waals surface area contributed by atoms with Crippen molar-refractivity contribution in [2.24, 2.45) is 5.92 Å². The van der Waals surface area contributed by atoms with Gasteiger partial charge in [-0.15, -0.1) is 0 Å². The highest BCUT2D eigenvalue weighted by atomic mass is 35.5. The molecular formula is C14H21ClN2O4S. The smallest absolute Gasteiger partial charge is 0.257 e. The predicted octanol–water partition coefficient (Wildman–Crippen LogP) is 1.79. The lowest BCUT2D eigenvalue weighted by molar-refractivity contribution is -0.122. The van der Waals surface area contributed by atoms with Crippen LogP contribution in [0, 0.1) is 5.92 Å². The van der Waals surface area contributed by atoms with Crippen molar-refractivity contribution in [1.82, 2.24) is 10.0 Å². The van der Waals surface area contributed by atoms with Crippen molar-refractivity contribution >= 4 is 27.5 Å². The molecule has 22 heavy (non-hydrogen) atoms. The van der Waals surface area contributed by atoms with Crippen LogP contribution in [0.1, 0.15) is 20.8 Å². The minimum atomic E-state index is -3.60. The number of hydrogen-bond acceptors (Lipinski definition) is 4. The Balaban J connectivity index is 2.78. The van der Waals surface area contributed by atoms with Gasteiger partial charge in [0.25, 0.3) is 5.91 Å². The van der Waals surface area contributed by atoms with Crippen LogP contribution in [-0.4, -0.2) is 34.0 Å². The Morgan fingerprint density at radius 1 is 1.36 bits per heavy atom. The van der Waals surface area contributed by atoms with Gasteiger partial charge in [0.2, 0.25) is 10.0 Å². The normalized spacial score (nSPS) is 11.5. The van der Waals surface area contributed by atoms with Gasteiger partial charge in [-0.05, 0) is 31.0 Å². The molecule has 0 radical (unpaired) electrons. The van der Waals surface area contributed by atoms with Crippen molar-refractivity contribution < 1.29 is 17.9 Å². The third-order valence-corrected chi connectivity index (χ3v) is 4.34. The van der Waals surface area contributed by atoms with Crippen LogP contribution in [0.3, 0.4) is 0 Å². The molecule has 6 nitrogen and oxygen atoms in total. The number of sulfonamides is 1. The number of rotatable bonds is 8. The molecule has 0 aromatic heterocycles. The summed E-state index contributed by atoms with van der Waals surface area (Å²) in [5.74, 6) is 0.189. The van der Waals surface area contributed by atoms with Crippen molar-refractivity contribution in [3.63, 3.8) is 0 Å². The maximum Gasteiger partial charge on any atom is 0.257 e. The van der Waals surface area contributed by atoms with Crippen LogP contribution in [-0.2, 0) is 14.8 Å². The Bertz CT molecular complexity index is 617. The first kappa shape index (κ1) is 18.7. The number of nitrogens with one attached hydrogen (secondary N) is 2. The lowest BCUT2D eigenvalue weighted by Crippen LogP contribution is -2.28. The van der Waals surface area contributed by atoms with Crippen molar-refractivity contribution in [1.29, 1.82) is 0 Å². The van der Waals surface area contributed by atoms with E-state index >= 15 is 0 Å². The molecule has 2 N–H and O–H groups in total. The molecule has 0 saturated heterocycles. The molecule has 0 bridgehead atoms. The number of ether oxygens (including phenoxy) is 1. The Hall–Kier alpha value is -1.31. The lowest BCUT2D eigenvalue weighted by Gasteiger charge is -2.11. The van der Waals surface area contributed by atoms with E-state index in [-0.39, 0.29) is 34.1 Å². The quantitative estimate of drug-likeness (QED) is 0.750. The van der Waals surface area contributed by atoms with E-state index in [2.05, 4.69) is 10.0 Å². The molecule has 1 aromatic rings. The molecule has 1 amide bonds. The summed E-state index contributed by atoms with van der Waals surface area (Å²) in [5, 5.41) is 2.72. The fourth-order valence-corrected chi connectivity index (χ4v) is 3.06. The maximum absolute atomic E-state index is 12.1. The van der Waals surface area contributed by atoms with Gasteiger partial charge >= 0.3 is 0 Å². The van der Waals surface area contributed by atoms with E-state index < -0.39 is 10.0 Å². The molecule has 0 saturated carbocycles. The van der Waals surface area contributed by atoms with Crippen LogP contribution in [0.5, 0.6) is 5.75 Å². The average Bonchev–Trinajstić information content (AvgIpc) is 2.44. The fourth-order valence-electron chi connectivity index (χ4n) is 1.52. The van der Waals surface area contributed by atoms with Gasteiger partial charge in [0.15, 0.2) is 6.61 Å². The second-order valence-corrected chi connectivity index (χ2v) is 7.25. The van der Waals surface area contributed by atoms with Crippen molar-refractivity contribution in [3.05, 3.63) is 23.2 Å². The zero-order chi connectivity index (χ0) is 16.8. The second-order valence-electron chi connectivity index (χ2n) is 5.08. The number of halogens is 1. The fraction of sp³-hybridized carbons (Fsp3) is 0.500. The monoisotopic (exact) mass is 348 g/mol. The van der Waals surface area contributed by atoms with Crippen molar-refractivity contribution in [2.75, 3.05) is 19.7 Å². The summed E-state index contributed by atoms with van der Waals surface area (Å²) in [6, 6.07) is 4.13. The molecule has 0 aliphatic rings. The molecule has 124 valence electrons. The first-order valence-electron chi connectivity index (χ1n) is 6.95. The number of benzene rings is 1. The summed E-state index contributed by atoms with van der Waals surface area (Å²) >= 11 is 6.01. The Labute approximate surface area is 136 Å². The SMILES string of the molecule is CCNC(=O)COc1ccc(S(=O)(=O)NCC(C)C)cc1Cl. The van der Waals surface area contributed by atoms with Crippen LogP contribution in [0.15, 0.2) is 23.1 Å². The minimum absolute atomic E-state index is 0.0588. The first-order chi connectivity index (χ1) is 10.3. The number of hydrogen-bond donors (Lipinski definition) is 2. The van der Waals surface area contributed by atoms with E-state index in [1.165, 1.54) is 18.2 Å². The standard InChI is InChI=1S/C14H21ClN2O4S/c1-4-16-14(18)9-21-13-6-5-11(7-12(13)15)22(19,20)17-8-10(2)3/h5-7,10,17H,4,8-9H2,1-3H3,(H,16,18). The van der Waals surface area contributed by atoms with Gasteiger partial charge in [-0.3, -0.25) is 4.79 Å². The summed E-state index contributed by atoms with van der Waals surface area (Å²) in [5.41, 5.74) is 0. The number of carbonyl (C=O) groups is 1. The minimum Gasteiger partial charge on any atom is -0.482 e. The number of amides is 1. The topological polar surface area (TPSA) is 84.5 Å². The highest BCUT2D eigenvalue weighted by molar-refractivity contribution is 7.89. The third kappa shape index (κ3) is 5.82. The molecule has 0 aliphatic carbocycles. The Morgan fingerprint density at radius 2 is 2.05 bits per heavy atom. The van der Waals surface area contributed by atoms with E-state index in [1.807, 2.05) is 13.8 Å². The molecule has 0 atom stereocenters. The number of carbonyl (C=O) groups excluding carboxylic acids is 1. The van der Waals surface area contributed by atoms with E-state index in [4.69, 9.17) is 16.3 Å². The molecule has 0 fully saturated rings. The van der Waals surface area contributed by atoms with Crippen molar-refractivity contribution in [3.8, 4) is 5.75 Å². The van der Waals surface area contributed by atoms with Gasteiger partial charge in [-0.25, -0.2) is 13.1 Å².